The van der Waals surface area contributed by atoms with Gasteiger partial charge in [0.15, 0.2) is 10.6 Å². The number of rotatable bonds is 2. The maximum absolute atomic E-state index is 13.0. The zero-order valence-corrected chi connectivity index (χ0v) is 15.9. The highest BCUT2D eigenvalue weighted by Gasteiger charge is 2.15. The Balaban J connectivity index is 1.96. The fraction of sp³-hybridized carbons (Fsp3) is 0.0455. The minimum atomic E-state index is -0.132. The van der Waals surface area contributed by atoms with Gasteiger partial charge in [-0.15, -0.1) is 0 Å². The number of hydrogen-bond acceptors (Lipinski definition) is 4. The van der Waals surface area contributed by atoms with Crippen molar-refractivity contribution in [1.82, 2.24) is 14.4 Å². The number of H-pyrrole nitrogens is 1. The highest BCUT2D eigenvalue weighted by molar-refractivity contribution is 7.13. The van der Waals surface area contributed by atoms with Crippen molar-refractivity contribution in [3.8, 4) is 10.4 Å². The van der Waals surface area contributed by atoms with Crippen LogP contribution in [0.25, 0.3) is 27.0 Å². The van der Waals surface area contributed by atoms with Crippen molar-refractivity contribution in [3.05, 3.63) is 93.6 Å². The molecule has 0 bridgehead atoms. The molecule has 3 aromatic heterocycles. The van der Waals surface area contributed by atoms with Crippen molar-refractivity contribution >= 4 is 33.7 Å². The lowest BCUT2D eigenvalue weighted by Crippen LogP contribution is -2.16. The van der Waals surface area contributed by atoms with Crippen LogP contribution in [0.2, 0.25) is 0 Å². The summed E-state index contributed by atoms with van der Waals surface area (Å²) < 4.78 is 1.94. The zero-order valence-electron chi connectivity index (χ0n) is 15.1. The predicted molar refractivity (Wildman–Crippen MR) is 113 cm³/mol. The Morgan fingerprint density at radius 1 is 1.04 bits per heavy atom. The van der Waals surface area contributed by atoms with E-state index in [1.807, 2.05) is 78.1 Å². The number of nitrogens with one attached hydrogen (secondary N) is 1. The van der Waals surface area contributed by atoms with E-state index < -0.39 is 0 Å². The molecular formula is C22H16N4OS. The van der Waals surface area contributed by atoms with Crippen LogP contribution in [0, 0.1) is 6.92 Å². The van der Waals surface area contributed by atoms with E-state index in [-0.39, 0.29) is 5.56 Å². The van der Waals surface area contributed by atoms with Crippen LogP contribution >= 0.6 is 11.3 Å². The van der Waals surface area contributed by atoms with Crippen LogP contribution in [0.1, 0.15) is 5.56 Å². The van der Waals surface area contributed by atoms with Gasteiger partial charge in [-0.2, -0.15) is 0 Å². The standard InChI is InChI=1S/C22H16N4OS/c1-14-11-12-23-18(13-14)25-22-26-17-10-6-5-9-16(17)24-21(27)19(26)20(28-22)15-7-3-2-4-8-15/h2-13H,1H3,(H,24,27). The Bertz CT molecular complexity index is 1440. The number of thiazole rings is 1. The fourth-order valence-electron chi connectivity index (χ4n) is 3.30. The molecular weight excluding hydrogens is 368 g/mol. The lowest BCUT2D eigenvalue weighted by atomic mass is 10.2. The van der Waals surface area contributed by atoms with Crippen molar-refractivity contribution < 1.29 is 0 Å². The van der Waals surface area contributed by atoms with Gasteiger partial charge in [0.25, 0.3) is 5.56 Å². The first-order valence-electron chi connectivity index (χ1n) is 8.90. The van der Waals surface area contributed by atoms with Gasteiger partial charge in [-0.1, -0.05) is 53.8 Å². The third-order valence-corrected chi connectivity index (χ3v) is 5.67. The molecule has 5 rings (SSSR count). The number of pyridine rings is 1. The average Bonchev–Trinajstić information content (AvgIpc) is 3.09. The van der Waals surface area contributed by atoms with E-state index in [4.69, 9.17) is 4.99 Å². The molecule has 0 saturated carbocycles. The second-order valence-electron chi connectivity index (χ2n) is 6.54. The summed E-state index contributed by atoms with van der Waals surface area (Å²) >= 11 is 1.49. The number of fused-ring (bicyclic) bond motifs is 3. The zero-order chi connectivity index (χ0) is 19.1. The number of nitrogens with zero attached hydrogens (tertiary/aromatic N) is 3. The maximum Gasteiger partial charge on any atom is 0.274 e. The summed E-state index contributed by atoms with van der Waals surface area (Å²) in [6.07, 6.45) is 1.75. The first-order valence-corrected chi connectivity index (χ1v) is 9.72. The van der Waals surface area contributed by atoms with Crippen LogP contribution in [0.5, 0.6) is 0 Å². The van der Waals surface area contributed by atoms with Crippen LogP contribution in [-0.4, -0.2) is 14.4 Å². The lowest BCUT2D eigenvalue weighted by Gasteiger charge is -2.03. The smallest absolute Gasteiger partial charge is 0.274 e. The Morgan fingerprint density at radius 2 is 1.82 bits per heavy atom. The van der Waals surface area contributed by atoms with Gasteiger partial charge in [0.2, 0.25) is 0 Å². The minimum Gasteiger partial charge on any atom is -0.319 e. The summed E-state index contributed by atoms with van der Waals surface area (Å²) in [5, 5.41) is 0. The van der Waals surface area contributed by atoms with E-state index >= 15 is 0 Å². The molecule has 0 fully saturated rings. The summed E-state index contributed by atoms with van der Waals surface area (Å²) in [7, 11) is 0. The summed E-state index contributed by atoms with van der Waals surface area (Å²) in [4.78, 5) is 26.7. The molecule has 136 valence electrons. The van der Waals surface area contributed by atoms with Gasteiger partial charge in [0, 0.05) is 6.20 Å². The molecule has 28 heavy (non-hydrogen) atoms. The molecule has 5 aromatic rings. The summed E-state index contributed by atoms with van der Waals surface area (Å²) in [5.74, 6) is 0.625. The summed E-state index contributed by atoms with van der Waals surface area (Å²) in [6, 6.07) is 21.6. The number of aromatic amines is 1. The SMILES string of the molecule is Cc1ccnc(N=c2sc(-c3ccccc3)c3c(=O)[nH]c4ccccc4n23)c1. The number of aryl methyl sites for hydroxylation is 1. The third-order valence-electron chi connectivity index (χ3n) is 4.58. The molecule has 0 saturated heterocycles. The Kier molecular flexibility index (Phi) is 3.91. The maximum atomic E-state index is 13.0. The van der Waals surface area contributed by atoms with E-state index in [2.05, 4.69) is 9.97 Å². The van der Waals surface area contributed by atoms with E-state index in [1.165, 1.54) is 11.3 Å². The molecule has 2 aromatic carbocycles. The molecule has 1 N–H and O–H groups in total. The molecule has 0 aliphatic heterocycles. The lowest BCUT2D eigenvalue weighted by molar-refractivity contribution is 1.09. The molecule has 3 heterocycles. The quantitative estimate of drug-likeness (QED) is 0.489. The molecule has 0 aliphatic carbocycles. The van der Waals surface area contributed by atoms with Gasteiger partial charge in [0.1, 0.15) is 5.52 Å². The second kappa shape index (κ2) is 6.58. The first-order chi connectivity index (χ1) is 13.7. The van der Waals surface area contributed by atoms with Gasteiger partial charge in [0.05, 0.1) is 15.9 Å². The van der Waals surface area contributed by atoms with Gasteiger partial charge < -0.3 is 4.98 Å². The van der Waals surface area contributed by atoms with Gasteiger partial charge >= 0.3 is 0 Å². The van der Waals surface area contributed by atoms with Gasteiger partial charge in [-0.3, -0.25) is 9.20 Å². The summed E-state index contributed by atoms with van der Waals surface area (Å²) in [5.41, 5.74) is 4.22. The highest BCUT2D eigenvalue weighted by Crippen LogP contribution is 2.27. The van der Waals surface area contributed by atoms with E-state index in [0.29, 0.717) is 16.1 Å². The van der Waals surface area contributed by atoms with Crippen molar-refractivity contribution in [2.24, 2.45) is 4.99 Å². The number of hydrogen-bond donors (Lipinski definition) is 1. The second-order valence-corrected chi connectivity index (χ2v) is 7.52. The molecule has 0 amide bonds. The van der Waals surface area contributed by atoms with E-state index in [0.717, 1.165) is 27.0 Å². The van der Waals surface area contributed by atoms with Crippen LogP contribution in [0.3, 0.4) is 0 Å². The van der Waals surface area contributed by atoms with Crippen LogP contribution in [0.15, 0.2) is 82.7 Å². The normalized spacial score (nSPS) is 12.1. The number of aromatic nitrogens is 3. The molecule has 0 unspecified atom stereocenters. The molecule has 0 atom stereocenters. The minimum absolute atomic E-state index is 0.132. The highest BCUT2D eigenvalue weighted by atomic mass is 32.1. The van der Waals surface area contributed by atoms with Gasteiger partial charge in [-0.25, -0.2) is 9.98 Å². The van der Waals surface area contributed by atoms with E-state index in [1.54, 1.807) is 6.20 Å². The van der Waals surface area contributed by atoms with Crippen LogP contribution in [0.4, 0.5) is 5.82 Å². The van der Waals surface area contributed by atoms with Gasteiger partial charge in [-0.05, 0) is 42.3 Å². The Hall–Kier alpha value is -3.51. The topological polar surface area (TPSA) is 62.5 Å². The van der Waals surface area contributed by atoms with Crippen molar-refractivity contribution in [3.63, 3.8) is 0 Å². The average molecular weight is 384 g/mol. The molecule has 6 heteroatoms. The predicted octanol–water partition coefficient (Wildman–Crippen LogP) is 4.45. The van der Waals surface area contributed by atoms with Crippen molar-refractivity contribution in [1.29, 1.82) is 0 Å². The largest absolute Gasteiger partial charge is 0.319 e. The van der Waals surface area contributed by atoms with Crippen LogP contribution in [-0.2, 0) is 0 Å². The Morgan fingerprint density at radius 3 is 2.64 bits per heavy atom. The summed E-state index contributed by atoms with van der Waals surface area (Å²) in [6.45, 7) is 2.01. The molecule has 5 nitrogen and oxygen atoms in total. The van der Waals surface area contributed by atoms with Crippen LogP contribution < -0.4 is 10.4 Å². The first kappa shape index (κ1) is 16.6. The van der Waals surface area contributed by atoms with Crippen molar-refractivity contribution in [2.75, 3.05) is 0 Å². The Labute approximate surface area is 164 Å². The molecule has 0 spiro atoms. The van der Waals surface area contributed by atoms with Crippen molar-refractivity contribution in [2.45, 2.75) is 6.92 Å². The molecule has 0 radical (unpaired) electrons. The fourth-order valence-corrected chi connectivity index (χ4v) is 4.44. The van der Waals surface area contributed by atoms with E-state index in [9.17, 15) is 4.79 Å². The molecule has 0 aliphatic rings. The number of para-hydroxylation sites is 2. The number of benzene rings is 2. The monoisotopic (exact) mass is 384 g/mol. The third kappa shape index (κ3) is 2.75.